The second-order valence-corrected chi connectivity index (χ2v) is 8.64. The van der Waals surface area contributed by atoms with Gasteiger partial charge in [0.15, 0.2) is 5.96 Å². The van der Waals surface area contributed by atoms with Gasteiger partial charge in [0.2, 0.25) is 11.8 Å². The van der Waals surface area contributed by atoms with Crippen LogP contribution in [-0.4, -0.2) is 66.8 Å². The van der Waals surface area contributed by atoms with Crippen molar-refractivity contribution in [3.05, 3.63) is 35.9 Å². The summed E-state index contributed by atoms with van der Waals surface area (Å²) >= 11 is 0. The largest absolute Gasteiger partial charge is 0.357 e. The SMILES string of the molecule is CCNC(=NCCC(=O)N(C)Cc1ccccc1)NC1CCN(C(=O)C2CCCC2)C1.I. The minimum absolute atomic E-state index is 0. The van der Waals surface area contributed by atoms with Crippen LogP contribution in [0.2, 0.25) is 0 Å². The van der Waals surface area contributed by atoms with Gasteiger partial charge >= 0.3 is 0 Å². The van der Waals surface area contributed by atoms with E-state index in [4.69, 9.17) is 0 Å². The van der Waals surface area contributed by atoms with Gasteiger partial charge in [0, 0.05) is 51.6 Å². The topological polar surface area (TPSA) is 77.0 Å². The Hall–Kier alpha value is -1.84. The van der Waals surface area contributed by atoms with Crippen molar-refractivity contribution in [2.75, 3.05) is 33.2 Å². The Bertz CT molecular complexity index is 752. The fourth-order valence-corrected chi connectivity index (χ4v) is 4.42. The van der Waals surface area contributed by atoms with Crippen molar-refractivity contribution in [3.63, 3.8) is 0 Å². The average Bonchev–Trinajstić information content (AvgIpc) is 3.46. The third-order valence-electron chi connectivity index (χ3n) is 6.17. The molecule has 0 spiro atoms. The lowest BCUT2D eigenvalue weighted by atomic mass is 10.1. The van der Waals surface area contributed by atoms with Gasteiger partial charge in [0.05, 0.1) is 6.54 Å². The lowest BCUT2D eigenvalue weighted by molar-refractivity contribution is -0.134. The highest BCUT2D eigenvalue weighted by Gasteiger charge is 2.32. The van der Waals surface area contributed by atoms with Crippen LogP contribution >= 0.6 is 24.0 Å². The first-order valence-corrected chi connectivity index (χ1v) is 11.7. The molecular formula is C24H38IN5O2. The molecule has 1 unspecified atom stereocenters. The number of carbonyl (C=O) groups excluding carboxylic acids is 2. The number of nitrogens with one attached hydrogen (secondary N) is 2. The highest BCUT2D eigenvalue weighted by molar-refractivity contribution is 14.0. The number of nitrogens with zero attached hydrogens (tertiary/aromatic N) is 3. The molecule has 2 fully saturated rings. The Morgan fingerprint density at radius 2 is 1.88 bits per heavy atom. The van der Waals surface area contributed by atoms with E-state index in [1.807, 2.05) is 49.2 Å². The first-order valence-electron chi connectivity index (χ1n) is 11.7. The van der Waals surface area contributed by atoms with E-state index in [0.717, 1.165) is 50.4 Å². The summed E-state index contributed by atoms with van der Waals surface area (Å²) in [4.78, 5) is 33.5. The molecule has 1 saturated heterocycles. The predicted octanol–water partition coefficient (Wildman–Crippen LogP) is 3.00. The van der Waals surface area contributed by atoms with Gasteiger partial charge in [-0.25, -0.2) is 0 Å². The maximum absolute atomic E-state index is 12.7. The predicted molar refractivity (Wildman–Crippen MR) is 139 cm³/mol. The molecule has 1 heterocycles. The van der Waals surface area contributed by atoms with Crippen molar-refractivity contribution in [2.45, 2.75) is 58.0 Å². The van der Waals surface area contributed by atoms with Crippen LogP contribution in [0.15, 0.2) is 35.3 Å². The molecule has 2 amide bonds. The van der Waals surface area contributed by atoms with Crippen LogP contribution < -0.4 is 10.6 Å². The molecule has 1 aliphatic carbocycles. The quantitative estimate of drug-likeness (QED) is 0.294. The molecule has 0 aromatic heterocycles. The molecule has 3 rings (SSSR count). The van der Waals surface area contributed by atoms with Crippen LogP contribution in [0.4, 0.5) is 0 Å². The highest BCUT2D eigenvalue weighted by atomic mass is 127. The zero-order valence-corrected chi connectivity index (χ0v) is 21.7. The summed E-state index contributed by atoms with van der Waals surface area (Å²) in [5, 5.41) is 6.72. The van der Waals surface area contributed by atoms with Gasteiger partial charge in [0.1, 0.15) is 0 Å². The maximum atomic E-state index is 12.7. The van der Waals surface area contributed by atoms with Gasteiger partial charge in [0.25, 0.3) is 0 Å². The Morgan fingerprint density at radius 1 is 1.16 bits per heavy atom. The second kappa shape index (κ2) is 13.6. The summed E-state index contributed by atoms with van der Waals surface area (Å²) < 4.78 is 0. The monoisotopic (exact) mass is 555 g/mol. The number of likely N-dealkylation sites (tertiary alicyclic amines) is 1. The first-order chi connectivity index (χ1) is 15.1. The van der Waals surface area contributed by atoms with Crippen molar-refractivity contribution in [2.24, 2.45) is 10.9 Å². The molecule has 8 heteroatoms. The fourth-order valence-electron chi connectivity index (χ4n) is 4.42. The van der Waals surface area contributed by atoms with Crippen molar-refractivity contribution in [1.82, 2.24) is 20.4 Å². The number of guanidine groups is 1. The molecule has 2 aliphatic rings. The molecule has 2 N–H and O–H groups in total. The minimum atomic E-state index is 0. The van der Waals surface area contributed by atoms with E-state index in [1.165, 1.54) is 12.8 Å². The van der Waals surface area contributed by atoms with E-state index in [2.05, 4.69) is 15.6 Å². The van der Waals surface area contributed by atoms with Gasteiger partial charge in [-0.3, -0.25) is 14.6 Å². The van der Waals surface area contributed by atoms with Crippen LogP contribution in [0.3, 0.4) is 0 Å². The highest BCUT2D eigenvalue weighted by Crippen LogP contribution is 2.27. The number of amides is 2. The van der Waals surface area contributed by atoms with Crippen LogP contribution in [-0.2, 0) is 16.1 Å². The molecule has 7 nitrogen and oxygen atoms in total. The van der Waals surface area contributed by atoms with Gasteiger partial charge in [-0.15, -0.1) is 24.0 Å². The molecule has 1 aromatic carbocycles. The van der Waals surface area contributed by atoms with Gasteiger partial charge in [-0.1, -0.05) is 43.2 Å². The van der Waals surface area contributed by atoms with E-state index >= 15 is 0 Å². The van der Waals surface area contributed by atoms with E-state index in [9.17, 15) is 9.59 Å². The third-order valence-corrected chi connectivity index (χ3v) is 6.17. The standard InChI is InChI=1S/C24H37N5O2.HI/c1-3-25-24(26-15-13-22(30)28(2)17-19-9-5-4-6-10-19)27-21-14-16-29(18-21)23(31)20-11-7-8-12-20;/h4-6,9-10,20-21H,3,7-8,11-18H2,1-2H3,(H2,25,26,27);1H. The van der Waals surface area contributed by atoms with Gasteiger partial charge < -0.3 is 20.4 Å². The van der Waals surface area contributed by atoms with Crippen LogP contribution in [0.25, 0.3) is 0 Å². The molecule has 178 valence electrons. The number of hydrogen-bond donors (Lipinski definition) is 2. The third kappa shape index (κ3) is 7.94. The molecule has 0 bridgehead atoms. The van der Waals surface area contributed by atoms with Gasteiger partial charge in [-0.05, 0) is 31.7 Å². The lowest BCUT2D eigenvalue weighted by Gasteiger charge is -2.21. The lowest BCUT2D eigenvalue weighted by Crippen LogP contribution is -2.45. The van der Waals surface area contributed by atoms with Crippen molar-refractivity contribution >= 4 is 41.8 Å². The molecule has 1 atom stereocenters. The van der Waals surface area contributed by atoms with Crippen molar-refractivity contribution in [3.8, 4) is 0 Å². The fraction of sp³-hybridized carbons (Fsp3) is 0.625. The number of benzene rings is 1. The molecule has 1 saturated carbocycles. The zero-order valence-electron chi connectivity index (χ0n) is 19.4. The number of carbonyl (C=O) groups is 2. The first kappa shape index (κ1) is 26.4. The number of rotatable bonds is 8. The Morgan fingerprint density at radius 3 is 2.56 bits per heavy atom. The summed E-state index contributed by atoms with van der Waals surface area (Å²) in [7, 11) is 1.83. The Balaban J connectivity index is 0.00000363. The van der Waals surface area contributed by atoms with Crippen LogP contribution in [0.5, 0.6) is 0 Å². The van der Waals surface area contributed by atoms with E-state index < -0.39 is 0 Å². The van der Waals surface area contributed by atoms with Crippen LogP contribution in [0.1, 0.15) is 51.0 Å². The summed E-state index contributed by atoms with van der Waals surface area (Å²) in [6, 6.07) is 10.2. The summed E-state index contributed by atoms with van der Waals surface area (Å²) in [5.74, 6) is 1.37. The molecular weight excluding hydrogens is 517 g/mol. The number of hydrogen-bond acceptors (Lipinski definition) is 3. The number of aliphatic imine (C=N–C) groups is 1. The van der Waals surface area contributed by atoms with E-state index in [0.29, 0.717) is 25.4 Å². The number of halogens is 1. The second-order valence-electron chi connectivity index (χ2n) is 8.64. The maximum Gasteiger partial charge on any atom is 0.225 e. The Kier molecular flexibility index (Phi) is 11.3. The summed E-state index contributed by atoms with van der Waals surface area (Å²) in [6.45, 7) is 5.37. The molecule has 1 aromatic rings. The normalized spacial score (nSPS) is 18.9. The average molecular weight is 556 g/mol. The van der Waals surface area contributed by atoms with Crippen molar-refractivity contribution < 1.29 is 9.59 Å². The van der Waals surface area contributed by atoms with Crippen molar-refractivity contribution in [1.29, 1.82) is 0 Å². The van der Waals surface area contributed by atoms with E-state index in [-0.39, 0.29) is 41.8 Å². The summed E-state index contributed by atoms with van der Waals surface area (Å²) in [6.07, 6.45) is 5.76. The molecule has 32 heavy (non-hydrogen) atoms. The zero-order chi connectivity index (χ0) is 22.1. The molecule has 1 aliphatic heterocycles. The van der Waals surface area contributed by atoms with Crippen LogP contribution in [0, 0.1) is 5.92 Å². The summed E-state index contributed by atoms with van der Waals surface area (Å²) in [5.41, 5.74) is 1.12. The minimum Gasteiger partial charge on any atom is -0.357 e. The smallest absolute Gasteiger partial charge is 0.225 e. The van der Waals surface area contributed by atoms with E-state index in [1.54, 1.807) is 4.90 Å². The molecule has 0 radical (unpaired) electrons. The van der Waals surface area contributed by atoms with Gasteiger partial charge in [-0.2, -0.15) is 0 Å². The Labute approximate surface area is 209 Å².